The van der Waals surface area contributed by atoms with Crippen LogP contribution in [0.3, 0.4) is 0 Å². The maximum absolute atomic E-state index is 9.42. The molecule has 2 aliphatic rings. The molecule has 2 fully saturated rings. The van der Waals surface area contributed by atoms with Gasteiger partial charge in [-0.1, -0.05) is 0 Å². The molecule has 1 saturated heterocycles. The molecule has 10 heavy (non-hydrogen) atoms. The lowest BCUT2D eigenvalue weighted by atomic mass is 9.95. The molecule has 1 aliphatic heterocycles. The van der Waals surface area contributed by atoms with Gasteiger partial charge in [-0.3, -0.25) is 0 Å². The van der Waals surface area contributed by atoms with Crippen LogP contribution in [0.15, 0.2) is 0 Å². The molecule has 0 bridgehead atoms. The maximum Gasteiger partial charge on any atom is 0.0572 e. The van der Waals surface area contributed by atoms with Crippen molar-refractivity contribution in [2.24, 2.45) is 0 Å². The molecule has 0 aromatic heterocycles. The Balaban J connectivity index is 2.00. The first-order chi connectivity index (χ1) is 4.70. The summed E-state index contributed by atoms with van der Waals surface area (Å²) in [6.07, 6.45) is 4.42. The van der Waals surface area contributed by atoms with Crippen molar-refractivity contribution in [1.82, 2.24) is 5.32 Å². The van der Waals surface area contributed by atoms with E-state index in [-0.39, 0.29) is 6.10 Å². The van der Waals surface area contributed by atoms with Crippen LogP contribution in [0.25, 0.3) is 0 Å². The number of hydrogen-bond donors (Lipinski definition) is 2. The summed E-state index contributed by atoms with van der Waals surface area (Å²) in [4.78, 5) is 0. The first-order valence-corrected chi connectivity index (χ1v) is 4.16. The van der Waals surface area contributed by atoms with E-state index in [4.69, 9.17) is 0 Å². The van der Waals surface area contributed by atoms with Gasteiger partial charge in [-0.15, -0.1) is 0 Å². The Morgan fingerprint density at radius 1 is 1.50 bits per heavy atom. The van der Waals surface area contributed by atoms with Gasteiger partial charge >= 0.3 is 0 Å². The van der Waals surface area contributed by atoms with Gasteiger partial charge in [-0.05, 0) is 32.6 Å². The van der Waals surface area contributed by atoms with Gasteiger partial charge in [0.2, 0.25) is 0 Å². The molecule has 2 rings (SSSR count). The maximum atomic E-state index is 9.42. The van der Waals surface area contributed by atoms with Crippen molar-refractivity contribution in [2.75, 3.05) is 0 Å². The minimum Gasteiger partial charge on any atom is -0.393 e. The fraction of sp³-hybridized carbons (Fsp3) is 1.00. The molecule has 1 heterocycles. The van der Waals surface area contributed by atoms with E-state index in [9.17, 15) is 5.11 Å². The van der Waals surface area contributed by atoms with Crippen LogP contribution in [0.2, 0.25) is 0 Å². The molecule has 2 atom stereocenters. The van der Waals surface area contributed by atoms with Gasteiger partial charge in [-0.25, -0.2) is 0 Å². The summed E-state index contributed by atoms with van der Waals surface area (Å²) < 4.78 is 0. The zero-order chi connectivity index (χ0) is 7.19. The summed E-state index contributed by atoms with van der Waals surface area (Å²) in [7, 11) is 0. The summed E-state index contributed by atoms with van der Waals surface area (Å²) in [5.41, 5.74) is 0.372. The molecule has 58 valence electrons. The molecule has 2 heteroatoms. The van der Waals surface area contributed by atoms with E-state index in [0.717, 1.165) is 12.8 Å². The Labute approximate surface area is 61.6 Å². The predicted octanol–water partition coefficient (Wildman–Crippen LogP) is 0.652. The molecular weight excluding hydrogens is 126 g/mol. The second-order valence-corrected chi connectivity index (χ2v) is 3.92. The zero-order valence-corrected chi connectivity index (χ0v) is 6.43. The highest BCUT2D eigenvalue weighted by Gasteiger charge is 2.47. The summed E-state index contributed by atoms with van der Waals surface area (Å²) in [6, 6.07) is 0.520. The van der Waals surface area contributed by atoms with Gasteiger partial charge in [0.15, 0.2) is 0 Å². The normalized spacial score (nSPS) is 43.8. The topological polar surface area (TPSA) is 32.3 Å². The van der Waals surface area contributed by atoms with E-state index in [1.54, 1.807) is 0 Å². The molecule has 0 unspecified atom stereocenters. The lowest BCUT2D eigenvalue weighted by Crippen LogP contribution is -2.47. The molecule has 0 aromatic carbocycles. The largest absolute Gasteiger partial charge is 0.393 e. The first kappa shape index (κ1) is 6.62. The van der Waals surface area contributed by atoms with Gasteiger partial charge < -0.3 is 10.4 Å². The van der Waals surface area contributed by atoms with Gasteiger partial charge in [0.05, 0.1) is 6.10 Å². The molecule has 1 saturated carbocycles. The van der Waals surface area contributed by atoms with E-state index in [1.165, 1.54) is 12.8 Å². The zero-order valence-electron chi connectivity index (χ0n) is 6.43. The Kier molecular flexibility index (Phi) is 1.29. The molecular formula is C8H15NO. The van der Waals surface area contributed by atoms with Crippen LogP contribution in [-0.4, -0.2) is 22.8 Å². The van der Waals surface area contributed by atoms with Crippen molar-refractivity contribution in [3.05, 3.63) is 0 Å². The summed E-state index contributed by atoms with van der Waals surface area (Å²) in [6.45, 7) is 2.16. The van der Waals surface area contributed by atoms with E-state index < -0.39 is 0 Å². The summed E-state index contributed by atoms with van der Waals surface area (Å²) in [5, 5.41) is 13.0. The number of rotatable bonds is 0. The number of hydrogen-bond acceptors (Lipinski definition) is 2. The van der Waals surface area contributed by atoms with Crippen molar-refractivity contribution in [2.45, 2.75) is 50.3 Å². The highest BCUT2D eigenvalue weighted by molar-refractivity contribution is 5.07. The monoisotopic (exact) mass is 141 g/mol. The molecule has 0 aromatic rings. The lowest BCUT2D eigenvalue weighted by molar-refractivity contribution is 0.0911. The number of piperidine rings is 1. The molecule has 1 spiro atoms. The highest BCUT2D eigenvalue weighted by atomic mass is 16.3. The SMILES string of the molecule is C[C@@H]1C[C@@H](O)CC2(CC2)N1. The number of aliphatic hydroxyl groups excluding tert-OH is 1. The Morgan fingerprint density at radius 2 is 2.20 bits per heavy atom. The smallest absolute Gasteiger partial charge is 0.0572 e. The van der Waals surface area contributed by atoms with E-state index in [2.05, 4.69) is 12.2 Å². The second-order valence-electron chi connectivity index (χ2n) is 3.92. The van der Waals surface area contributed by atoms with Crippen molar-refractivity contribution in [1.29, 1.82) is 0 Å². The van der Waals surface area contributed by atoms with Crippen LogP contribution in [0.5, 0.6) is 0 Å². The third-order valence-corrected chi connectivity index (χ3v) is 2.66. The highest BCUT2D eigenvalue weighted by Crippen LogP contribution is 2.43. The Morgan fingerprint density at radius 3 is 2.70 bits per heavy atom. The fourth-order valence-corrected chi connectivity index (χ4v) is 2.08. The summed E-state index contributed by atoms with van der Waals surface area (Å²) in [5.74, 6) is 0. The van der Waals surface area contributed by atoms with Gasteiger partial charge in [0, 0.05) is 11.6 Å². The van der Waals surface area contributed by atoms with Crippen LogP contribution < -0.4 is 5.32 Å². The Bertz CT molecular complexity index is 130. The van der Waals surface area contributed by atoms with Crippen LogP contribution in [0, 0.1) is 0 Å². The van der Waals surface area contributed by atoms with E-state index in [1.807, 2.05) is 0 Å². The minimum atomic E-state index is -0.0428. The first-order valence-electron chi connectivity index (χ1n) is 4.16. The quantitative estimate of drug-likeness (QED) is 0.519. The minimum absolute atomic E-state index is 0.0428. The van der Waals surface area contributed by atoms with Crippen LogP contribution in [0.1, 0.15) is 32.6 Å². The van der Waals surface area contributed by atoms with Crippen molar-refractivity contribution >= 4 is 0 Å². The van der Waals surface area contributed by atoms with E-state index >= 15 is 0 Å². The molecule has 2 N–H and O–H groups in total. The van der Waals surface area contributed by atoms with Gasteiger partial charge in [0.25, 0.3) is 0 Å². The standard InChI is InChI=1S/C8H15NO/c1-6-4-7(10)5-8(9-6)2-3-8/h6-7,9-10H,2-5H2,1H3/t6-,7-/m1/s1. The third-order valence-electron chi connectivity index (χ3n) is 2.66. The molecule has 0 radical (unpaired) electrons. The van der Waals surface area contributed by atoms with Crippen LogP contribution in [-0.2, 0) is 0 Å². The van der Waals surface area contributed by atoms with Gasteiger partial charge in [-0.2, -0.15) is 0 Å². The molecule has 0 amide bonds. The van der Waals surface area contributed by atoms with Crippen molar-refractivity contribution in [3.63, 3.8) is 0 Å². The summed E-state index contributed by atoms with van der Waals surface area (Å²) >= 11 is 0. The molecule has 2 nitrogen and oxygen atoms in total. The number of aliphatic hydroxyl groups is 1. The third kappa shape index (κ3) is 1.06. The number of nitrogens with one attached hydrogen (secondary N) is 1. The van der Waals surface area contributed by atoms with Crippen molar-refractivity contribution < 1.29 is 5.11 Å². The Hall–Kier alpha value is -0.0800. The van der Waals surface area contributed by atoms with Crippen molar-refractivity contribution in [3.8, 4) is 0 Å². The lowest BCUT2D eigenvalue weighted by Gasteiger charge is -2.32. The second kappa shape index (κ2) is 1.95. The van der Waals surface area contributed by atoms with Gasteiger partial charge in [0.1, 0.15) is 0 Å². The fourth-order valence-electron chi connectivity index (χ4n) is 2.08. The van der Waals surface area contributed by atoms with E-state index in [0.29, 0.717) is 11.6 Å². The average Bonchev–Trinajstić information content (AvgIpc) is 2.44. The average molecular weight is 141 g/mol. The predicted molar refractivity (Wildman–Crippen MR) is 39.8 cm³/mol. The molecule has 1 aliphatic carbocycles. The van der Waals surface area contributed by atoms with Crippen LogP contribution in [0.4, 0.5) is 0 Å². The van der Waals surface area contributed by atoms with Crippen LogP contribution >= 0.6 is 0 Å².